The highest BCUT2D eigenvalue weighted by molar-refractivity contribution is 14.1. The van der Waals surface area contributed by atoms with Crippen molar-refractivity contribution in [1.82, 2.24) is 10.3 Å². The number of halogens is 2. The summed E-state index contributed by atoms with van der Waals surface area (Å²) in [6.07, 6.45) is 3.74. The molecule has 1 N–H and O–H groups in total. The van der Waals surface area contributed by atoms with Gasteiger partial charge in [0, 0.05) is 12.2 Å². The van der Waals surface area contributed by atoms with Crippen LogP contribution >= 0.6 is 22.6 Å². The van der Waals surface area contributed by atoms with Crippen LogP contribution in [0, 0.1) is 15.4 Å². The molecule has 2 atom stereocenters. The lowest BCUT2D eigenvalue weighted by Crippen LogP contribution is -2.28. The van der Waals surface area contributed by atoms with Crippen LogP contribution < -0.4 is 10.1 Å². The molecule has 1 aromatic heterocycles. The number of nitrogens with zero attached hydrogens (tertiary/aromatic N) is 1. The van der Waals surface area contributed by atoms with Crippen molar-refractivity contribution in [3.05, 3.63) is 21.8 Å². The summed E-state index contributed by atoms with van der Waals surface area (Å²) in [4.78, 5) is 3.60. The number of hydrogen-bond acceptors (Lipinski definition) is 3. The van der Waals surface area contributed by atoms with Crippen LogP contribution in [0.1, 0.15) is 19.8 Å². The fraction of sp³-hybridized carbons (Fsp3) is 0.583. The average molecular weight is 350 g/mol. The molecule has 1 aliphatic rings. The van der Waals surface area contributed by atoms with Gasteiger partial charge in [-0.2, -0.15) is 4.39 Å². The van der Waals surface area contributed by atoms with Crippen LogP contribution in [0.2, 0.25) is 0 Å². The molecule has 5 heteroatoms. The van der Waals surface area contributed by atoms with Gasteiger partial charge in [0.1, 0.15) is 6.61 Å². The summed E-state index contributed by atoms with van der Waals surface area (Å²) in [5, 5.41) is 3.40. The van der Waals surface area contributed by atoms with Crippen molar-refractivity contribution >= 4 is 22.6 Å². The van der Waals surface area contributed by atoms with Crippen LogP contribution in [0.25, 0.3) is 0 Å². The van der Waals surface area contributed by atoms with Crippen molar-refractivity contribution in [2.45, 2.75) is 25.8 Å². The molecule has 0 aromatic carbocycles. The normalized spacial score (nSPS) is 23.9. The van der Waals surface area contributed by atoms with E-state index in [0.29, 0.717) is 12.6 Å². The number of rotatable bonds is 4. The van der Waals surface area contributed by atoms with Crippen molar-refractivity contribution in [3.8, 4) is 5.75 Å². The minimum absolute atomic E-state index is 0.273. The molecule has 3 nitrogen and oxygen atoms in total. The fourth-order valence-corrected chi connectivity index (χ4v) is 2.59. The first kappa shape index (κ1) is 13.0. The Morgan fingerprint density at radius 2 is 2.47 bits per heavy atom. The summed E-state index contributed by atoms with van der Waals surface area (Å²) in [6, 6.07) is 2.07. The molecule has 2 rings (SSSR count). The summed E-state index contributed by atoms with van der Waals surface area (Å²) < 4.78 is 19.7. The zero-order valence-electron chi connectivity index (χ0n) is 9.75. The number of nitrogens with one attached hydrogen (secondary N) is 1. The van der Waals surface area contributed by atoms with Crippen molar-refractivity contribution in [2.24, 2.45) is 5.92 Å². The summed E-state index contributed by atoms with van der Waals surface area (Å²) in [6.45, 7) is 3.74. The quantitative estimate of drug-likeness (QED) is 0.670. The largest absolute Gasteiger partial charge is 0.486 e. The van der Waals surface area contributed by atoms with Gasteiger partial charge in [0.05, 0.1) is 3.57 Å². The monoisotopic (exact) mass is 350 g/mol. The van der Waals surface area contributed by atoms with Crippen LogP contribution in [-0.4, -0.2) is 24.2 Å². The second kappa shape index (κ2) is 5.95. The standard InChI is InChI=1S/C12H16FIN2O/c1-2-8-5-9(16-6-8)7-17-11-10(14)3-4-15-12(11)13/h3-4,8-9,16H,2,5-7H2,1H3/t8?,9-/m0/s1. The van der Waals surface area contributed by atoms with E-state index in [4.69, 9.17) is 4.74 Å². The maximum Gasteiger partial charge on any atom is 0.256 e. The topological polar surface area (TPSA) is 34.1 Å². The Bertz CT molecular complexity index is 369. The molecule has 2 heterocycles. The third kappa shape index (κ3) is 3.28. The fourth-order valence-electron chi connectivity index (χ4n) is 2.05. The Hall–Kier alpha value is -0.430. The predicted molar refractivity (Wildman–Crippen MR) is 72.6 cm³/mol. The highest BCUT2D eigenvalue weighted by Gasteiger charge is 2.23. The summed E-state index contributed by atoms with van der Waals surface area (Å²) in [7, 11) is 0. The van der Waals surface area contributed by atoms with Gasteiger partial charge >= 0.3 is 0 Å². The SMILES string of the molecule is CCC1CN[C@H](COc2c(I)ccnc2F)C1. The molecule has 1 unspecified atom stereocenters. The zero-order valence-corrected chi connectivity index (χ0v) is 11.9. The third-order valence-electron chi connectivity index (χ3n) is 3.13. The van der Waals surface area contributed by atoms with Gasteiger partial charge in [-0.25, -0.2) is 4.98 Å². The highest BCUT2D eigenvalue weighted by atomic mass is 127. The molecule has 0 radical (unpaired) electrons. The van der Waals surface area contributed by atoms with Gasteiger partial charge < -0.3 is 10.1 Å². The van der Waals surface area contributed by atoms with Gasteiger partial charge in [0.25, 0.3) is 5.95 Å². The van der Waals surface area contributed by atoms with E-state index in [1.807, 2.05) is 0 Å². The molecule has 1 aliphatic heterocycles. The summed E-state index contributed by atoms with van der Waals surface area (Å²) >= 11 is 2.06. The van der Waals surface area contributed by atoms with Crippen LogP contribution in [0.5, 0.6) is 5.75 Å². The lowest BCUT2D eigenvalue weighted by molar-refractivity contribution is 0.258. The van der Waals surface area contributed by atoms with E-state index in [-0.39, 0.29) is 5.75 Å². The first-order chi connectivity index (χ1) is 8.20. The number of pyridine rings is 1. The zero-order chi connectivity index (χ0) is 12.3. The van der Waals surface area contributed by atoms with Gasteiger partial charge in [0.2, 0.25) is 0 Å². The molecule has 1 fully saturated rings. The van der Waals surface area contributed by atoms with Gasteiger partial charge in [0.15, 0.2) is 5.75 Å². The van der Waals surface area contributed by atoms with E-state index >= 15 is 0 Å². The number of aromatic nitrogens is 1. The predicted octanol–water partition coefficient (Wildman–Crippen LogP) is 2.59. The van der Waals surface area contributed by atoms with E-state index < -0.39 is 5.95 Å². The van der Waals surface area contributed by atoms with Gasteiger partial charge in [-0.05, 0) is 47.5 Å². The molecule has 17 heavy (non-hydrogen) atoms. The molecular weight excluding hydrogens is 334 g/mol. The van der Waals surface area contributed by atoms with Crippen molar-refractivity contribution in [3.63, 3.8) is 0 Å². The van der Waals surface area contributed by atoms with Crippen molar-refractivity contribution in [2.75, 3.05) is 13.2 Å². The van der Waals surface area contributed by atoms with Gasteiger partial charge in [-0.15, -0.1) is 0 Å². The van der Waals surface area contributed by atoms with E-state index in [1.54, 1.807) is 6.07 Å². The Morgan fingerprint density at radius 1 is 1.65 bits per heavy atom. The molecule has 94 valence electrons. The van der Waals surface area contributed by atoms with Crippen LogP contribution in [0.3, 0.4) is 0 Å². The molecule has 1 aromatic rings. The maximum absolute atomic E-state index is 13.4. The minimum Gasteiger partial charge on any atom is -0.486 e. The van der Waals surface area contributed by atoms with E-state index in [0.717, 1.165) is 22.5 Å². The molecule has 0 amide bonds. The highest BCUT2D eigenvalue weighted by Crippen LogP contribution is 2.24. The van der Waals surface area contributed by atoms with Crippen LogP contribution in [0.4, 0.5) is 4.39 Å². The average Bonchev–Trinajstić information content (AvgIpc) is 2.76. The van der Waals surface area contributed by atoms with Gasteiger partial charge in [-0.1, -0.05) is 13.3 Å². The lowest BCUT2D eigenvalue weighted by atomic mass is 10.0. The van der Waals surface area contributed by atoms with E-state index in [2.05, 4.69) is 39.8 Å². The Morgan fingerprint density at radius 3 is 3.12 bits per heavy atom. The Balaban J connectivity index is 1.90. The molecule has 0 saturated carbocycles. The lowest BCUT2D eigenvalue weighted by Gasteiger charge is -2.13. The Kier molecular flexibility index (Phi) is 4.55. The Labute approximate surface area is 114 Å². The van der Waals surface area contributed by atoms with Gasteiger partial charge in [-0.3, -0.25) is 0 Å². The maximum atomic E-state index is 13.4. The second-order valence-corrected chi connectivity index (χ2v) is 5.50. The summed E-state index contributed by atoms with van der Waals surface area (Å²) in [5.41, 5.74) is 0. The summed E-state index contributed by atoms with van der Waals surface area (Å²) in [5.74, 6) is 0.471. The van der Waals surface area contributed by atoms with Crippen LogP contribution in [-0.2, 0) is 0 Å². The minimum atomic E-state index is -0.526. The molecule has 0 aliphatic carbocycles. The molecular formula is C12H16FIN2O. The first-order valence-corrected chi connectivity index (χ1v) is 6.94. The molecule has 0 bridgehead atoms. The van der Waals surface area contributed by atoms with E-state index in [1.165, 1.54) is 12.6 Å². The smallest absolute Gasteiger partial charge is 0.256 e. The van der Waals surface area contributed by atoms with E-state index in [9.17, 15) is 4.39 Å². The van der Waals surface area contributed by atoms with Crippen LogP contribution in [0.15, 0.2) is 12.3 Å². The first-order valence-electron chi connectivity index (χ1n) is 5.87. The number of ether oxygens (including phenoxy) is 1. The third-order valence-corrected chi connectivity index (χ3v) is 3.98. The molecule has 1 saturated heterocycles. The molecule has 0 spiro atoms. The second-order valence-electron chi connectivity index (χ2n) is 4.34. The van der Waals surface area contributed by atoms with Crippen molar-refractivity contribution < 1.29 is 9.13 Å². The van der Waals surface area contributed by atoms with Crippen molar-refractivity contribution in [1.29, 1.82) is 0 Å². The number of hydrogen-bond donors (Lipinski definition) is 1.